The molecule has 0 fully saturated rings. The summed E-state index contributed by atoms with van der Waals surface area (Å²) in [5.41, 5.74) is 2.04. The maximum Gasteiger partial charge on any atom is 0.338 e. The summed E-state index contributed by atoms with van der Waals surface area (Å²) in [5, 5.41) is 7.16. The fourth-order valence-electron chi connectivity index (χ4n) is 3.99. The van der Waals surface area contributed by atoms with Crippen molar-refractivity contribution >= 4 is 23.5 Å². The van der Waals surface area contributed by atoms with Crippen LogP contribution in [0.1, 0.15) is 32.4 Å². The molecule has 10 heteroatoms. The molecule has 1 aliphatic heterocycles. The topological polar surface area (TPSA) is 98.6 Å². The summed E-state index contributed by atoms with van der Waals surface area (Å²) in [6, 6.07) is 12.2. The van der Waals surface area contributed by atoms with Crippen molar-refractivity contribution in [1.82, 2.24) is 14.8 Å². The quantitative estimate of drug-likeness (QED) is 0.492. The molecule has 35 heavy (non-hydrogen) atoms. The highest BCUT2D eigenvalue weighted by Crippen LogP contribution is 2.38. The zero-order valence-corrected chi connectivity index (χ0v) is 19.7. The minimum Gasteiger partial charge on any atom is -0.494 e. The molecule has 0 bridgehead atoms. The number of allylic oxidation sites excluding steroid dienone is 1. The van der Waals surface area contributed by atoms with Crippen molar-refractivity contribution in [3.63, 3.8) is 0 Å². The molecule has 182 valence electrons. The van der Waals surface area contributed by atoms with Gasteiger partial charge in [-0.2, -0.15) is 10.1 Å². The van der Waals surface area contributed by atoms with Crippen molar-refractivity contribution in [2.75, 3.05) is 30.0 Å². The van der Waals surface area contributed by atoms with E-state index in [1.807, 2.05) is 6.92 Å². The normalized spacial score (nSPS) is 15.0. The van der Waals surface area contributed by atoms with Crippen LogP contribution in [0.25, 0.3) is 0 Å². The van der Waals surface area contributed by atoms with Crippen molar-refractivity contribution in [2.45, 2.75) is 26.8 Å². The van der Waals surface area contributed by atoms with Gasteiger partial charge in [0.05, 0.1) is 18.8 Å². The summed E-state index contributed by atoms with van der Waals surface area (Å²) >= 11 is 0. The molecule has 0 aliphatic carbocycles. The van der Waals surface area contributed by atoms with Gasteiger partial charge in [0, 0.05) is 11.4 Å². The minimum absolute atomic E-state index is 0.114. The first-order valence-corrected chi connectivity index (χ1v) is 11.3. The number of hydrogen-bond donors (Lipinski definition) is 1. The van der Waals surface area contributed by atoms with Crippen LogP contribution in [-0.4, -0.2) is 46.4 Å². The number of ether oxygens (including phenoxy) is 2. The van der Waals surface area contributed by atoms with Crippen LogP contribution < -0.4 is 15.0 Å². The molecule has 2 aromatic carbocycles. The monoisotopic (exact) mass is 479 g/mol. The van der Waals surface area contributed by atoms with Gasteiger partial charge in [0.15, 0.2) is 0 Å². The van der Waals surface area contributed by atoms with E-state index in [4.69, 9.17) is 9.47 Å². The molecule has 1 aromatic heterocycles. The van der Waals surface area contributed by atoms with Gasteiger partial charge in [0.25, 0.3) is 0 Å². The molecule has 3 aromatic rings. The molecule has 1 N–H and O–H groups in total. The van der Waals surface area contributed by atoms with Crippen molar-refractivity contribution in [2.24, 2.45) is 0 Å². The predicted molar refractivity (Wildman–Crippen MR) is 127 cm³/mol. The van der Waals surface area contributed by atoms with Crippen LogP contribution in [0.15, 0.2) is 66.1 Å². The molecule has 0 unspecified atom stereocenters. The number of nitrogens with one attached hydrogen (secondary N) is 1. The summed E-state index contributed by atoms with van der Waals surface area (Å²) in [4.78, 5) is 31.9. The summed E-state index contributed by atoms with van der Waals surface area (Å²) in [6.07, 6.45) is 1.35. The standard InChI is InChI=1S/C25H26FN5O4/c1-4-34-20-12-10-19(11-13-20)29-21(32)14-30-16(3)22(24(33)35-5-2)23(31-25(30)27-15-28-31)17-6-8-18(26)9-7-17/h6-13,15,23H,4-5,14H2,1-3H3,(H,29,32)/t23-/m0/s1. The average molecular weight is 480 g/mol. The van der Waals surface area contributed by atoms with Gasteiger partial charge >= 0.3 is 5.97 Å². The molecule has 0 saturated heterocycles. The smallest absolute Gasteiger partial charge is 0.338 e. The largest absolute Gasteiger partial charge is 0.494 e. The van der Waals surface area contributed by atoms with Crippen LogP contribution >= 0.6 is 0 Å². The third kappa shape index (κ3) is 5.01. The number of nitrogens with zero attached hydrogens (tertiary/aromatic N) is 4. The van der Waals surface area contributed by atoms with Gasteiger partial charge in [-0.05, 0) is 62.7 Å². The van der Waals surface area contributed by atoms with E-state index >= 15 is 0 Å². The Bertz CT molecular complexity index is 1240. The Morgan fingerprint density at radius 1 is 1.06 bits per heavy atom. The van der Waals surface area contributed by atoms with E-state index in [9.17, 15) is 14.0 Å². The average Bonchev–Trinajstić information content (AvgIpc) is 3.32. The molecule has 2 heterocycles. The molecule has 9 nitrogen and oxygen atoms in total. The van der Waals surface area contributed by atoms with Gasteiger partial charge < -0.3 is 19.7 Å². The molecule has 1 atom stereocenters. The molecule has 0 saturated carbocycles. The maximum atomic E-state index is 13.6. The lowest BCUT2D eigenvalue weighted by Crippen LogP contribution is -2.40. The third-order valence-corrected chi connectivity index (χ3v) is 5.54. The van der Waals surface area contributed by atoms with Crippen LogP contribution in [0.2, 0.25) is 0 Å². The van der Waals surface area contributed by atoms with E-state index in [0.717, 1.165) is 0 Å². The van der Waals surface area contributed by atoms with Gasteiger partial charge in [0.1, 0.15) is 30.5 Å². The van der Waals surface area contributed by atoms with Gasteiger partial charge in [-0.15, -0.1) is 0 Å². The zero-order chi connectivity index (χ0) is 24.9. The van der Waals surface area contributed by atoms with Crippen molar-refractivity contribution < 1.29 is 23.5 Å². The highest BCUT2D eigenvalue weighted by molar-refractivity contribution is 5.96. The predicted octanol–water partition coefficient (Wildman–Crippen LogP) is 3.70. The molecule has 1 amide bonds. The van der Waals surface area contributed by atoms with E-state index in [-0.39, 0.29) is 19.1 Å². The van der Waals surface area contributed by atoms with E-state index in [0.29, 0.717) is 40.8 Å². The number of benzene rings is 2. The number of esters is 1. The van der Waals surface area contributed by atoms with Crippen molar-refractivity contribution in [1.29, 1.82) is 0 Å². The molecular formula is C25H26FN5O4. The highest BCUT2D eigenvalue weighted by Gasteiger charge is 2.38. The van der Waals surface area contributed by atoms with E-state index < -0.39 is 17.8 Å². The lowest BCUT2D eigenvalue weighted by Gasteiger charge is -2.35. The number of hydrogen-bond acceptors (Lipinski definition) is 7. The summed E-state index contributed by atoms with van der Waals surface area (Å²) in [7, 11) is 0. The number of aromatic nitrogens is 3. The number of fused-ring (bicyclic) bond motifs is 1. The van der Waals surface area contributed by atoms with Crippen molar-refractivity contribution in [3.05, 3.63) is 77.5 Å². The Hall–Kier alpha value is -4.21. The number of amides is 1. The first kappa shape index (κ1) is 23.9. The fourth-order valence-corrected chi connectivity index (χ4v) is 3.99. The Labute approximate surface area is 202 Å². The minimum atomic E-state index is -0.683. The second-order valence-electron chi connectivity index (χ2n) is 7.77. The number of halogens is 1. The number of anilines is 2. The van der Waals surface area contributed by atoms with Gasteiger partial charge in [-0.1, -0.05) is 12.1 Å². The second-order valence-corrected chi connectivity index (χ2v) is 7.77. The molecule has 4 rings (SSSR count). The number of rotatable bonds is 8. The van der Waals surface area contributed by atoms with Crippen molar-refractivity contribution in [3.8, 4) is 5.75 Å². The summed E-state index contributed by atoms with van der Waals surface area (Å²) < 4.78 is 25.9. The number of carbonyl (C=O) groups excluding carboxylic acids is 2. The molecule has 1 aliphatic rings. The van der Waals surface area contributed by atoms with E-state index in [1.165, 1.54) is 23.1 Å². The Morgan fingerprint density at radius 2 is 1.77 bits per heavy atom. The molecular weight excluding hydrogens is 453 g/mol. The zero-order valence-electron chi connectivity index (χ0n) is 19.7. The third-order valence-electron chi connectivity index (χ3n) is 5.54. The highest BCUT2D eigenvalue weighted by atomic mass is 19.1. The lowest BCUT2D eigenvalue weighted by atomic mass is 9.95. The first-order valence-electron chi connectivity index (χ1n) is 11.3. The Morgan fingerprint density at radius 3 is 2.43 bits per heavy atom. The molecule has 0 spiro atoms. The Balaban J connectivity index is 1.66. The Kier molecular flexibility index (Phi) is 7.09. The summed E-state index contributed by atoms with van der Waals surface area (Å²) in [6.45, 7) is 5.95. The van der Waals surface area contributed by atoms with Crippen LogP contribution in [0.5, 0.6) is 5.75 Å². The van der Waals surface area contributed by atoms with Gasteiger partial charge in [-0.25, -0.2) is 13.9 Å². The van der Waals surface area contributed by atoms with Crippen LogP contribution in [0.4, 0.5) is 16.0 Å². The second kappa shape index (κ2) is 10.4. The van der Waals surface area contributed by atoms with E-state index in [2.05, 4.69) is 15.4 Å². The van der Waals surface area contributed by atoms with Gasteiger partial charge in [-0.3, -0.25) is 4.79 Å². The fraction of sp³-hybridized carbons (Fsp3) is 0.280. The first-order chi connectivity index (χ1) is 16.9. The number of carbonyl (C=O) groups is 2. The van der Waals surface area contributed by atoms with Crippen LogP contribution in [-0.2, 0) is 14.3 Å². The van der Waals surface area contributed by atoms with Crippen LogP contribution in [0.3, 0.4) is 0 Å². The summed E-state index contributed by atoms with van der Waals surface area (Å²) in [5.74, 6) is -0.163. The van der Waals surface area contributed by atoms with E-state index in [1.54, 1.807) is 55.1 Å². The maximum absolute atomic E-state index is 13.6. The SMILES string of the molecule is CCOC(=O)C1=C(C)N(CC(=O)Nc2ccc(OCC)cc2)c2ncnn2[C@H]1c1ccc(F)cc1. The van der Waals surface area contributed by atoms with Crippen LogP contribution in [0, 0.1) is 5.82 Å². The molecule has 0 radical (unpaired) electrons. The van der Waals surface area contributed by atoms with Gasteiger partial charge in [0.2, 0.25) is 11.9 Å². The lowest BCUT2D eigenvalue weighted by molar-refractivity contribution is -0.139.